The average Bonchev–Trinajstić information content (AvgIpc) is 3.19. The van der Waals surface area contributed by atoms with E-state index < -0.39 is 62.0 Å². The fourth-order valence-electron chi connectivity index (χ4n) is 8.87. The Morgan fingerprint density at radius 1 is 1.13 bits per heavy atom. The minimum Gasteiger partial charge on any atom is -0.434 e. The molecule has 1 N–H and O–H groups in total. The Balaban J connectivity index is 1.53. The molecule has 4 aliphatic rings. The lowest BCUT2D eigenvalue weighted by Gasteiger charge is -2.64. The van der Waals surface area contributed by atoms with Crippen LogP contribution >= 0.6 is 11.6 Å². The van der Waals surface area contributed by atoms with E-state index in [0.29, 0.717) is 25.7 Å². The van der Waals surface area contributed by atoms with Crippen molar-refractivity contribution in [3.8, 4) is 0 Å². The molecule has 0 amide bonds. The Morgan fingerprint density at radius 2 is 1.82 bits per heavy atom. The van der Waals surface area contributed by atoms with E-state index >= 15 is 0 Å². The summed E-state index contributed by atoms with van der Waals surface area (Å²) in [6.45, 7) is 8.55. The number of aliphatic hydroxyl groups excluding tert-OH is 1. The average molecular weight is 663 g/mol. The molecule has 3 fully saturated rings. The maximum atomic E-state index is 14.4. The molecule has 0 spiro atoms. The van der Waals surface area contributed by atoms with Crippen LogP contribution in [-0.4, -0.2) is 61.0 Å². The largest absolute Gasteiger partial charge is 0.509 e. The second-order valence-corrected chi connectivity index (χ2v) is 15.9. The van der Waals surface area contributed by atoms with Gasteiger partial charge in [-0.25, -0.2) is 4.79 Å². The number of ketones is 2. The summed E-state index contributed by atoms with van der Waals surface area (Å²) in [5, 5.41) is 12.0. The van der Waals surface area contributed by atoms with Crippen molar-refractivity contribution in [2.45, 2.75) is 94.6 Å². The van der Waals surface area contributed by atoms with Crippen LogP contribution in [0.3, 0.4) is 0 Å². The number of aliphatic hydroxyl groups is 1. The zero-order valence-corrected chi connectivity index (χ0v) is 28.1. The van der Waals surface area contributed by atoms with Crippen LogP contribution in [-0.2, 0) is 33.4 Å². The Morgan fingerprint density at radius 3 is 2.49 bits per heavy atom. The third-order valence-corrected chi connectivity index (χ3v) is 13.4. The maximum Gasteiger partial charge on any atom is 0.509 e. The molecule has 5 rings (SSSR count). The number of unbranched alkanes of at least 4 members (excludes halogenated alkanes) is 1. The molecular formula is C34H43ClO9S. The molecule has 0 saturated heterocycles. The number of alkyl halides is 1. The van der Waals surface area contributed by atoms with Gasteiger partial charge in [0.05, 0.1) is 22.5 Å². The number of hydrogen-bond donors (Lipinski definition) is 1. The molecule has 0 aliphatic heterocycles. The van der Waals surface area contributed by atoms with Crippen LogP contribution in [0.5, 0.6) is 0 Å². The Kier molecular flexibility index (Phi) is 8.96. The molecule has 246 valence electrons. The van der Waals surface area contributed by atoms with E-state index in [2.05, 4.69) is 0 Å². The smallest absolute Gasteiger partial charge is 0.434 e. The SMILES string of the molecule is CCCCOC(=O)O[C@]1(C(=O)COS(=O)(=O)c2ccc(C)cc2)[C@H](C)C[C@H]2[C@@H]3CCC4=CC(=O)C=C[C@]4(C)[C@@]3(Cl)C(O)C[C@@]21C. The number of allylic oxidation sites excluding steroid dienone is 4. The molecule has 45 heavy (non-hydrogen) atoms. The monoisotopic (exact) mass is 662 g/mol. The first-order chi connectivity index (χ1) is 21.1. The zero-order chi connectivity index (χ0) is 33.0. The number of carbonyl (C=O) groups is 3. The zero-order valence-electron chi connectivity index (χ0n) is 26.5. The predicted molar refractivity (Wildman–Crippen MR) is 167 cm³/mol. The van der Waals surface area contributed by atoms with Crippen LogP contribution < -0.4 is 0 Å². The molecule has 4 aliphatic carbocycles. The fourth-order valence-corrected chi connectivity index (χ4v) is 10.3. The summed E-state index contributed by atoms with van der Waals surface area (Å²) in [4.78, 5) is 38.6. The van der Waals surface area contributed by atoms with Gasteiger partial charge in [-0.3, -0.25) is 13.8 Å². The lowest BCUT2D eigenvalue weighted by atomic mass is 9.45. The van der Waals surface area contributed by atoms with Crippen LogP contribution in [0.4, 0.5) is 4.79 Å². The van der Waals surface area contributed by atoms with Crippen molar-refractivity contribution in [3.63, 3.8) is 0 Å². The third kappa shape index (κ3) is 5.20. The topological polar surface area (TPSA) is 133 Å². The molecule has 8 atom stereocenters. The quantitative estimate of drug-likeness (QED) is 0.150. The van der Waals surface area contributed by atoms with E-state index in [1.54, 1.807) is 31.2 Å². The number of carbonyl (C=O) groups excluding carboxylic acids is 3. The first-order valence-electron chi connectivity index (χ1n) is 15.7. The molecule has 3 saturated carbocycles. The second kappa shape index (κ2) is 11.9. The van der Waals surface area contributed by atoms with Crippen molar-refractivity contribution in [2.24, 2.45) is 28.6 Å². The first kappa shape index (κ1) is 33.8. The molecule has 1 aromatic carbocycles. The molecule has 0 heterocycles. The van der Waals surface area contributed by atoms with Gasteiger partial charge in [0.1, 0.15) is 6.61 Å². The highest BCUT2D eigenvalue weighted by molar-refractivity contribution is 7.86. The van der Waals surface area contributed by atoms with Gasteiger partial charge >= 0.3 is 6.16 Å². The van der Waals surface area contributed by atoms with Gasteiger partial charge in [0.15, 0.2) is 11.4 Å². The number of ether oxygens (including phenoxy) is 2. The maximum absolute atomic E-state index is 14.4. The summed E-state index contributed by atoms with van der Waals surface area (Å²) in [5.41, 5.74) is -2.09. The molecule has 1 aromatic rings. The summed E-state index contributed by atoms with van der Waals surface area (Å²) >= 11 is 7.55. The van der Waals surface area contributed by atoms with Crippen molar-refractivity contribution in [3.05, 3.63) is 53.6 Å². The molecule has 1 unspecified atom stereocenters. The highest BCUT2D eigenvalue weighted by Crippen LogP contribution is 2.72. The molecule has 0 radical (unpaired) electrons. The summed E-state index contributed by atoms with van der Waals surface area (Å²) in [6, 6.07) is 6.06. The highest BCUT2D eigenvalue weighted by atomic mass is 35.5. The molecule has 9 nitrogen and oxygen atoms in total. The van der Waals surface area contributed by atoms with Crippen molar-refractivity contribution in [1.82, 2.24) is 0 Å². The van der Waals surface area contributed by atoms with E-state index in [0.717, 1.165) is 17.6 Å². The Hall–Kier alpha value is -2.53. The van der Waals surface area contributed by atoms with E-state index in [1.165, 1.54) is 18.2 Å². The van der Waals surface area contributed by atoms with E-state index in [1.807, 2.05) is 27.7 Å². The van der Waals surface area contributed by atoms with Gasteiger partial charge in [-0.2, -0.15) is 8.42 Å². The van der Waals surface area contributed by atoms with Gasteiger partial charge in [-0.1, -0.05) is 63.5 Å². The number of Topliss-reactive ketones (excluding diaryl/α,β-unsaturated/α-hetero) is 1. The lowest BCUT2D eigenvalue weighted by Crippen LogP contribution is -2.69. The van der Waals surface area contributed by atoms with Crippen molar-refractivity contribution in [1.29, 1.82) is 0 Å². The molecule has 11 heteroatoms. The van der Waals surface area contributed by atoms with Gasteiger partial charge in [0, 0.05) is 16.7 Å². The highest BCUT2D eigenvalue weighted by Gasteiger charge is 2.76. The number of benzene rings is 1. The van der Waals surface area contributed by atoms with Crippen LogP contribution in [0.15, 0.2) is 53.0 Å². The number of hydrogen-bond acceptors (Lipinski definition) is 9. The fraction of sp³-hybridized carbons (Fsp3) is 0.618. The van der Waals surface area contributed by atoms with E-state index in [4.69, 9.17) is 25.3 Å². The third-order valence-electron chi connectivity index (χ3n) is 11.2. The van der Waals surface area contributed by atoms with Crippen LogP contribution in [0, 0.1) is 35.5 Å². The summed E-state index contributed by atoms with van der Waals surface area (Å²) < 4.78 is 42.9. The van der Waals surface area contributed by atoms with Crippen molar-refractivity contribution < 1.29 is 41.6 Å². The second-order valence-electron chi connectivity index (χ2n) is 13.6. The van der Waals surface area contributed by atoms with Gasteiger partial charge in [0.25, 0.3) is 10.1 Å². The lowest BCUT2D eigenvalue weighted by molar-refractivity contribution is -0.184. The number of halogens is 1. The Bertz CT molecular complexity index is 1530. The van der Waals surface area contributed by atoms with Gasteiger partial charge in [0.2, 0.25) is 5.78 Å². The van der Waals surface area contributed by atoms with Crippen LogP contribution in [0.2, 0.25) is 0 Å². The van der Waals surface area contributed by atoms with Crippen LogP contribution in [0.1, 0.15) is 71.8 Å². The van der Waals surface area contributed by atoms with Gasteiger partial charge in [-0.05, 0) is 75.1 Å². The number of aryl methyl sites for hydroxylation is 1. The summed E-state index contributed by atoms with van der Waals surface area (Å²) in [5.74, 6) is -2.03. The minimum absolute atomic E-state index is 0.00858. The van der Waals surface area contributed by atoms with Gasteiger partial charge in [-0.15, -0.1) is 11.6 Å². The normalized spacial score (nSPS) is 37.2. The van der Waals surface area contributed by atoms with Crippen molar-refractivity contribution >= 4 is 39.4 Å². The molecule has 0 bridgehead atoms. The van der Waals surface area contributed by atoms with Crippen LogP contribution in [0.25, 0.3) is 0 Å². The van der Waals surface area contributed by atoms with Gasteiger partial charge < -0.3 is 14.6 Å². The Labute approximate surface area is 270 Å². The standard InChI is InChI=1S/C34H43ClO9S/c1-6-7-16-42-30(39)44-34(29(38)20-43-45(40,41)25-11-8-21(2)9-12-25)22(3)17-27-26-13-10-23-18-24(36)14-15-31(23,4)33(26,35)28(37)19-32(27,34)5/h8-9,11-12,14-15,18,22,26-28,37H,6-7,10,13,16-17,19-20H2,1-5H3/t22-,26+,27+,28?,31+,32+,33+,34+/m1/s1. The summed E-state index contributed by atoms with van der Waals surface area (Å²) in [7, 11) is -4.31. The van der Waals surface area contributed by atoms with Crippen molar-refractivity contribution in [2.75, 3.05) is 13.2 Å². The number of rotatable bonds is 9. The molecule has 0 aromatic heterocycles. The first-order valence-corrected chi connectivity index (χ1v) is 17.5. The number of fused-ring (bicyclic) bond motifs is 5. The predicted octanol–water partition coefficient (Wildman–Crippen LogP) is 5.85. The minimum atomic E-state index is -4.31. The van der Waals surface area contributed by atoms with E-state index in [9.17, 15) is 27.9 Å². The summed E-state index contributed by atoms with van der Waals surface area (Å²) in [6.07, 6.45) is 5.63. The molecular weight excluding hydrogens is 620 g/mol. The van der Waals surface area contributed by atoms with E-state index in [-0.39, 0.29) is 35.5 Å².